The van der Waals surface area contributed by atoms with Crippen LogP contribution in [0.5, 0.6) is 0 Å². The first-order valence-electron chi connectivity index (χ1n) is 3.11. The van der Waals surface area contributed by atoms with Crippen LogP contribution in [-0.2, 0) is 4.79 Å². The van der Waals surface area contributed by atoms with E-state index in [9.17, 15) is 9.90 Å². The van der Waals surface area contributed by atoms with Crippen LogP contribution in [0, 0.1) is 0 Å². The lowest BCUT2D eigenvalue weighted by Gasteiger charge is -2.13. The molecule has 0 aromatic heterocycles. The Labute approximate surface area is 64.0 Å². The maximum Gasteiger partial charge on any atom is 0.334 e. The molecule has 2 N–H and O–H groups in total. The van der Waals surface area contributed by atoms with Gasteiger partial charge in [0.2, 0.25) is 0 Å². The van der Waals surface area contributed by atoms with E-state index in [4.69, 9.17) is 5.11 Å². The van der Waals surface area contributed by atoms with Gasteiger partial charge in [-0.25, -0.2) is 4.79 Å². The van der Waals surface area contributed by atoms with E-state index in [1.807, 2.05) is 0 Å². The molecule has 0 amide bonds. The molecular weight excluding hydrogens is 144 g/mol. The Morgan fingerprint density at radius 1 is 1.64 bits per heavy atom. The number of carboxylic acids is 1. The molecule has 58 valence electrons. The zero-order valence-corrected chi connectivity index (χ0v) is 5.82. The monoisotopic (exact) mass is 152 g/mol. The maximum atomic E-state index is 10.4. The summed E-state index contributed by atoms with van der Waals surface area (Å²) in [5.41, 5.74) is 0.377. The molecule has 0 aliphatic heterocycles. The average molecular weight is 152 g/mol. The predicted molar refractivity (Wildman–Crippen MR) is 40.0 cm³/mol. The van der Waals surface area contributed by atoms with Crippen LogP contribution in [0.2, 0.25) is 0 Å². The Kier molecular flexibility index (Phi) is 1.92. The fourth-order valence-electron chi connectivity index (χ4n) is 0.846. The summed E-state index contributed by atoms with van der Waals surface area (Å²) in [6, 6.07) is 0. The second kappa shape index (κ2) is 2.72. The predicted octanol–water partition coefficient (Wildman–Crippen LogP) is 0.484. The molecule has 0 spiro atoms. The zero-order chi connectivity index (χ0) is 8.43. The largest absolute Gasteiger partial charge is 0.478 e. The molecule has 1 atom stereocenters. The van der Waals surface area contributed by atoms with Gasteiger partial charge in [0.25, 0.3) is 0 Å². The number of aliphatic hydroxyl groups is 1. The van der Waals surface area contributed by atoms with E-state index in [-0.39, 0.29) is 5.57 Å². The quantitative estimate of drug-likeness (QED) is 0.574. The number of aliphatic carboxylic acids is 1. The summed E-state index contributed by atoms with van der Waals surface area (Å²) in [7, 11) is 0. The van der Waals surface area contributed by atoms with Crippen molar-refractivity contribution >= 4 is 5.97 Å². The summed E-state index contributed by atoms with van der Waals surface area (Å²) < 4.78 is 0. The molecule has 1 unspecified atom stereocenters. The third-order valence-electron chi connectivity index (χ3n) is 1.48. The summed E-state index contributed by atoms with van der Waals surface area (Å²) >= 11 is 0. The van der Waals surface area contributed by atoms with Gasteiger partial charge in [-0.2, -0.15) is 0 Å². The highest BCUT2D eigenvalue weighted by Crippen LogP contribution is 2.16. The van der Waals surface area contributed by atoms with E-state index in [0.29, 0.717) is 5.57 Å². The van der Waals surface area contributed by atoms with Crippen LogP contribution >= 0.6 is 0 Å². The molecular formula is C8H8O3. The topological polar surface area (TPSA) is 57.5 Å². The fourth-order valence-corrected chi connectivity index (χ4v) is 0.846. The van der Waals surface area contributed by atoms with Crippen molar-refractivity contribution in [3.63, 3.8) is 0 Å². The third-order valence-corrected chi connectivity index (χ3v) is 1.48. The van der Waals surface area contributed by atoms with Gasteiger partial charge in [0.15, 0.2) is 0 Å². The summed E-state index contributed by atoms with van der Waals surface area (Å²) in [5.74, 6) is -1.11. The molecule has 11 heavy (non-hydrogen) atoms. The van der Waals surface area contributed by atoms with Crippen LogP contribution in [0.15, 0.2) is 36.0 Å². The van der Waals surface area contributed by atoms with Gasteiger partial charge in [-0.3, -0.25) is 0 Å². The van der Waals surface area contributed by atoms with Crippen LogP contribution < -0.4 is 0 Å². The SMILES string of the molecule is C=C1C=CC=C(C(=O)O)C1O. The lowest BCUT2D eigenvalue weighted by Crippen LogP contribution is -2.20. The van der Waals surface area contributed by atoms with Crippen LogP contribution in [0.4, 0.5) is 0 Å². The van der Waals surface area contributed by atoms with Crippen molar-refractivity contribution < 1.29 is 15.0 Å². The smallest absolute Gasteiger partial charge is 0.334 e. The van der Waals surface area contributed by atoms with Crippen LogP contribution in [0.1, 0.15) is 0 Å². The second-order valence-electron chi connectivity index (χ2n) is 2.26. The van der Waals surface area contributed by atoms with Gasteiger partial charge in [-0.05, 0) is 11.6 Å². The summed E-state index contributed by atoms with van der Waals surface area (Å²) in [6.07, 6.45) is 3.44. The number of hydrogen-bond donors (Lipinski definition) is 2. The molecule has 0 bridgehead atoms. The Bertz CT molecular complexity index is 261. The van der Waals surface area contributed by atoms with Crippen molar-refractivity contribution in [2.45, 2.75) is 6.10 Å². The number of hydrogen-bond acceptors (Lipinski definition) is 2. The molecule has 0 saturated heterocycles. The summed E-state index contributed by atoms with van der Waals surface area (Å²) in [5, 5.41) is 17.7. The lowest BCUT2D eigenvalue weighted by atomic mass is 9.98. The summed E-state index contributed by atoms with van der Waals surface area (Å²) in [6.45, 7) is 3.49. The fraction of sp³-hybridized carbons (Fsp3) is 0.125. The molecule has 1 aliphatic carbocycles. The highest BCUT2D eigenvalue weighted by molar-refractivity contribution is 5.89. The minimum absolute atomic E-state index is 0.0301. The number of carboxylic acid groups (broad SMARTS) is 1. The standard InChI is InChI=1S/C8H8O3/c1-5-3-2-4-6(7(5)9)8(10)11/h2-4,7,9H,1H2,(H,10,11). The van der Waals surface area contributed by atoms with E-state index < -0.39 is 12.1 Å². The first-order valence-corrected chi connectivity index (χ1v) is 3.11. The second-order valence-corrected chi connectivity index (χ2v) is 2.26. The van der Waals surface area contributed by atoms with E-state index in [1.54, 1.807) is 12.2 Å². The number of rotatable bonds is 1. The van der Waals surface area contributed by atoms with Gasteiger partial charge in [-0.15, -0.1) is 0 Å². The maximum absolute atomic E-state index is 10.4. The molecule has 0 aromatic rings. The average Bonchev–Trinajstić information content (AvgIpc) is 1.94. The van der Waals surface area contributed by atoms with Gasteiger partial charge in [0, 0.05) is 0 Å². The molecule has 0 aromatic carbocycles. The zero-order valence-electron chi connectivity index (χ0n) is 5.82. The van der Waals surface area contributed by atoms with Gasteiger partial charge in [0.1, 0.15) is 6.10 Å². The van der Waals surface area contributed by atoms with E-state index >= 15 is 0 Å². The van der Waals surface area contributed by atoms with Crippen molar-refractivity contribution in [2.75, 3.05) is 0 Å². The minimum Gasteiger partial charge on any atom is -0.478 e. The Morgan fingerprint density at radius 2 is 2.27 bits per heavy atom. The van der Waals surface area contributed by atoms with Crippen LogP contribution in [-0.4, -0.2) is 22.3 Å². The minimum atomic E-state index is -1.11. The molecule has 0 heterocycles. The third kappa shape index (κ3) is 1.38. The van der Waals surface area contributed by atoms with E-state index in [0.717, 1.165) is 0 Å². The van der Waals surface area contributed by atoms with Crippen LogP contribution in [0.25, 0.3) is 0 Å². The van der Waals surface area contributed by atoms with Gasteiger partial charge >= 0.3 is 5.97 Å². The lowest BCUT2D eigenvalue weighted by molar-refractivity contribution is -0.133. The highest BCUT2D eigenvalue weighted by atomic mass is 16.4. The summed E-state index contributed by atoms with van der Waals surface area (Å²) in [4.78, 5) is 10.4. The van der Waals surface area contributed by atoms with Crippen molar-refractivity contribution in [3.05, 3.63) is 36.0 Å². The molecule has 1 aliphatic rings. The Morgan fingerprint density at radius 3 is 2.73 bits per heavy atom. The van der Waals surface area contributed by atoms with Gasteiger partial charge < -0.3 is 10.2 Å². The van der Waals surface area contributed by atoms with Crippen molar-refractivity contribution in [2.24, 2.45) is 0 Å². The highest BCUT2D eigenvalue weighted by Gasteiger charge is 2.20. The molecule has 0 saturated carbocycles. The van der Waals surface area contributed by atoms with Crippen molar-refractivity contribution in [1.29, 1.82) is 0 Å². The molecule has 0 radical (unpaired) electrons. The number of allylic oxidation sites excluding steroid dienone is 2. The molecule has 0 fully saturated rings. The van der Waals surface area contributed by atoms with E-state index in [2.05, 4.69) is 6.58 Å². The Hall–Kier alpha value is -1.35. The van der Waals surface area contributed by atoms with Gasteiger partial charge in [0.05, 0.1) is 5.57 Å². The van der Waals surface area contributed by atoms with Gasteiger partial charge in [-0.1, -0.05) is 18.7 Å². The first kappa shape index (κ1) is 7.75. The number of aliphatic hydroxyl groups excluding tert-OH is 1. The molecule has 1 rings (SSSR count). The van der Waals surface area contributed by atoms with Crippen molar-refractivity contribution in [1.82, 2.24) is 0 Å². The normalized spacial score (nSPS) is 23.2. The van der Waals surface area contributed by atoms with Crippen molar-refractivity contribution in [3.8, 4) is 0 Å². The molecule has 3 heteroatoms. The number of carbonyl (C=O) groups is 1. The Balaban J connectivity index is 2.96. The van der Waals surface area contributed by atoms with Crippen LogP contribution in [0.3, 0.4) is 0 Å². The first-order chi connectivity index (χ1) is 5.13. The van der Waals surface area contributed by atoms with E-state index in [1.165, 1.54) is 6.08 Å². The molecule has 3 nitrogen and oxygen atoms in total.